The Morgan fingerprint density at radius 3 is 2.61 bits per heavy atom. The van der Waals surface area contributed by atoms with Gasteiger partial charge in [0.1, 0.15) is 17.3 Å². The van der Waals surface area contributed by atoms with Crippen molar-refractivity contribution in [1.82, 2.24) is 5.32 Å². The third-order valence-electron chi connectivity index (χ3n) is 3.60. The van der Waals surface area contributed by atoms with Crippen LogP contribution in [-0.2, 0) is 13.0 Å². The number of hydrogen-bond acceptors (Lipinski definition) is 2. The van der Waals surface area contributed by atoms with Crippen molar-refractivity contribution in [1.29, 1.82) is 0 Å². The second kappa shape index (κ2) is 7.44. The molecule has 1 N–H and O–H groups in total. The second-order valence-corrected chi connectivity index (χ2v) is 5.71. The van der Waals surface area contributed by atoms with E-state index in [9.17, 15) is 4.39 Å². The lowest BCUT2D eigenvalue weighted by Crippen LogP contribution is -2.16. The van der Waals surface area contributed by atoms with Crippen LogP contribution in [0, 0.1) is 5.82 Å². The van der Waals surface area contributed by atoms with E-state index in [4.69, 9.17) is 16.0 Å². The maximum atomic E-state index is 13.2. The van der Waals surface area contributed by atoms with Gasteiger partial charge in [-0.1, -0.05) is 41.9 Å². The molecule has 0 unspecified atom stereocenters. The van der Waals surface area contributed by atoms with Gasteiger partial charge in [0.15, 0.2) is 0 Å². The van der Waals surface area contributed by atoms with Crippen molar-refractivity contribution < 1.29 is 8.81 Å². The van der Waals surface area contributed by atoms with Crippen LogP contribution in [0.25, 0.3) is 11.3 Å². The van der Waals surface area contributed by atoms with Crippen molar-refractivity contribution in [3.8, 4) is 11.3 Å². The molecule has 0 amide bonds. The van der Waals surface area contributed by atoms with E-state index in [2.05, 4.69) is 17.4 Å². The molecule has 118 valence electrons. The zero-order chi connectivity index (χ0) is 16.1. The van der Waals surface area contributed by atoms with E-state index >= 15 is 0 Å². The van der Waals surface area contributed by atoms with Crippen LogP contribution in [0.1, 0.15) is 11.3 Å². The number of benzene rings is 2. The minimum Gasteiger partial charge on any atom is -0.460 e. The van der Waals surface area contributed by atoms with Crippen molar-refractivity contribution >= 4 is 11.6 Å². The normalized spacial score (nSPS) is 10.9. The van der Waals surface area contributed by atoms with E-state index in [1.807, 2.05) is 30.3 Å². The molecule has 0 fully saturated rings. The Labute approximate surface area is 139 Å². The minimum absolute atomic E-state index is 0.0986. The first-order chi connectivity index (χ1) is 11.2. The third kappa shape index (κ3) is 4.21. The van der Waals surface area contributed by atoms with Crippen LogP contribution in [0.15, 0.2) is 65.1 Å². The summed E-state index contributed by atoms with van der Waals surface area (Å²) in [5, 5.41) is 3.45. The quantitative estimate of drug-likeness (QED) is 0.639. The molecule has 0 saturated carbocycles. The van der Waals surface area contributed by atoms with Gasteiger partial charge in [-0.2, -0.15) is 0 Å². The van der Waals surface area contributed by atoms with Gasteiger partial charge in [0.2, 0.25) is 0 Å². The Kier molecular flexibility index (Phi) is 5.11. The van der Waals surface area contributed by atoms with E-state index in [0.717, 1.165) is 24.3 Å². The molecule has 0 spiro atoms. The van der Waals surface area contributed by atoms with Gasteiger partial charge < -0.3 is 9.73 Å². The number of halogens is 2. The number of nitrogens with one attached hydrogen (secondary N) is 1. The largest absolute Gasteiger partial charge is 0.460 e. The highest BCUT2D eigenvalue weighted by Gasteiger charge is 2.07. The molecule has 2 nitrogen and oxygen atoms in total. The summed E-state index contributed by atoms with van der Waals surface area (Å²) in [6.45, 7) is 1.53. The van der Waals surface area contributed by atoms with E-state index in [1.54, 1.807) is 12.1 Å². The summed E-state index contributed by atoms with van der Waals surface area (Å²) >= 11 is 5.80. The maximum absolute atomic E-state index is 13.2. The molecular weight excluding hydrogens is 313 g/mol. The Morgan fingerprint density at radius 1 is 1.00 bits per heavy atom. The van der Waals surface area contributed by atoms with Crippen molar-refractivity contribution in [2.24, 2.45) is 0 Å². The lowest BCUT2D eigenvalue weighted by atomic mass is 10.1. The molecule has 0 aliphatic heterocycles. The first kappa shape index (κ1) is 15.8. The van der Waals surface area contributed by atoms with Crippen molar-refractivity contribution in [3.63, 3.8) is 0 Å². The highest BCUT2D eigenvalue weighted by atomic mass is 35.5. The fraction of sp³-hybridized carbons (Fsp3) is 0.158. The van der Waals surface area contributed by atoms with Crippen LogP contribution < -0.4 is 5.32 Å². The van der Waals surface area contributed by atoms with Crippen LogP contribution >= 0.6 is 11.6 Å². The Bertz CT molecular complexity index is 770. The molecule has 0 atom stereocenters. The highest BCUT2D eigenvalue weighted by molar-refractivity contribution is 6.31. The molecule has 3 aromatic rings. The molecule has 2 aromatic carbocycles. The molecular formula is C19H17ClFNO. The van der Waals surface area contributed by atoms with Crippen molar-refractivity contribution in [2.75, 3.05) is 6.54 Å². The van der Waals surface area contributed by atoms with Crippen LogP contribution in [0.2, 0.25) is 5.02 Å². The lowest BCUT2D eigenvalue weighted by molar-refractivity contribution is 0.494. The smallest absolute Gasteiger partial charge is 0.141 e. The van der Waals surface area contributed by atoms with Gasteiger partial charge in [0.25, 0.3) is 0 Å². The molecule has 4 heteroatoms. The Hall–Kier alpha value is -2.10. The molecule has 0 aliphatic carbocycles. The van der Waals surface area contributed by atoms with E-state index in [-0.39, 0.29) is 5.02 Å². The van der Waals surface area contributed by atoms with Crippen LogP contribution in [-0.4, -0.2) is 6.54 Å². The van der Waals surface area contributed by atoms with E-state index in [1.165, 1.54) is 11.6 Å². The molecule has 23 heavy (non-hydrogen) atoms. The number of rotatable bonds is 6. The summed E-state index contributed by atoms with van der Waals surface area (Å²) in [7, 11) is 0. The summed E-state index contributed by atoms with van der Waals surface area (Å²) in [5.41, 5.74) is 2.08. The van der Waals surface area contributed by atoms with Gasteiger partial charge in [-0.3, -0.25) is 0 Å². The van der Waals surface area contributed by atoms with Gasteiger partial charge in [-0.15, -0.1) is 0 Å². The number of hydrogen-bond donors (Lipinski definition) is 1. The lowest BCUT2D eigenvalue weighted by Gasteiger charge is -2.03. The Morgan fingerprint density at radius 2 is 1.83 bits per heavy atom. The molecule has 3 rings (SSSR count). The van der Waals surface area contributed by atoms with E-state index < -0.39 is 5.82 Å². The number of furan rings is 1. The first-order valence-electron chi connectivity index (χ1n) is 7.51. The van der Waals surface area contributed by atoms with Crippen LogP contribution in [0.3, 0.4) is 0 Å². The fourth-order valence-electron chi connectivity index (χ4n) is 2.37. The summed E-state index contributed by atoms with van der Waals surface area (Å²) in [5.74, 6) is 1.10. The van der Waals surface area contributed by atoms with Gasteiger partial charge in [0, 0.05) is 5.56 Å². The Balaban J connectivity index is 1.54. The third-order valence-corrected chi connectivity index (χ3v) is 3.89. The summed E-state index contributed by atoms with van der Waals surface area (Å²) in [6.07, 6.45) is 0.974. The van der Waals surface area contributed by atoms with Gasteiger partial charge in [0.05, 0.1) is 11.6 Å². The molecule has 0 radical (unpaired) electrons. The average Bonchev–Trinajstić information content (AvgIpc) is 3.04. The van der Waals surface area contributed by atoms with Crippen LogP contribution in [0.5, 0.6) is 0 Å². The maximum Gasteiger partial charge on any atom is 0.141 e. The second-order valence-electron chi connectivity index (χ2n) is 5.31. The SMILES string of the molecule is Fc1ccc(-c2ccc(CNCCc3ccccc3)o2)cc1Cl. The standard InChI is InChI=1S/C19H17ClFNO/c20-17-12-15(6-8-18(17)21)19-9-7-16(23-19)13-22-11-10-14-4-2-1-3-5-14/h1-9,12,22H,10-11,13H2. The average molecular weight is 330 g/mol. The molecule has 1 heterocycles. The van der Waals surface area contributed by atoms with Crippen molar-refractivity contribution in [3.05, 3.63) is 82.8 Å². The fourth-order valence-corrected chi connectivity index (χ4v) is 2.55. The topological polar surface area (TPSA) is 25.2 Å². The zero-order valence-electron chi connectivity index (χ0n) is 12.6. The molecule has 0 saturated heterocycles. The highest BCUT2D eigenvalue weighted by Crippen LogP contribution is 2.26. The molecule has 0 aliphatic rings. The van der Waals surface area contributed by atoms with Gasteiger partial charge in [-0.05, 0) is 48.9 Å². The molecule has 1 aromatic heterocycles. The predicted molar refractivity (Wildman–Crippen MR) is 91.0 cm³/mol. The van der Waals surface area contributed by atoms with Gasteiger partial charge in [-0.25, -0.2) is 4.39 Å². The van der Waals surface area contributed by atoms with Crippen LogP contribution in [0.4, 0.5) is 4.39 Å². The molecule has 0 bridgehead atoms. The summed E-state index contributed by atoms with van der Waals surface area (Å²) in [4.78, 5) is 0. The zero-order valence-corrected chi connectivity index (χ0v) is 13.3. The monoisotopic (exact) mass is 329 g/mol. The van der Waals surface area contributed by atoms with Crippen molar-refractivity contribution in [2.45, 2.75) is 13.0 Å². The summed E-state index contributed by atoms with van der Waals surface area (Å²) in [6, 6.07) is 18.7. The van der Waals surface area contributed by atoms with Gasteiger partial charge >= 0.3 is 0 Å². The van der Waals surface area contributed by atoms with E-state index in [0.29, 0.717) is 12.3 Å². The first-order valence-corrected chi connectivity index (χ1v) is 7.89. The predicted octanol–water partition coefficient (Wildman–Crippen LogP) is 5.07. The summed E-state index contributed by atoms with van der Waals surface area (Å²) < 4.78 is 19.0. The minimum atomic E-state index is -0.426.